The summed E-state index contributed by atoms with van der Waals surface area (Å²) < 4.78 is 1.57. The second kappa shape index (κ2) is 5.29. The molecule has 1 aliphatic rings. The summed E-state index contributed by atoms with van der Waals surface area (Å²) in [4.78, 5) is 25.3. The van der Waals surface area contributed by atoms with Gasteiger partial charge in [-0.3, -0.25) is 14.3 Å². The Morgan fingerprint density at radius 1 is 1.35 bits per heavy atom. The van der Waals surface area contributed by atoms with Gasteiger partial charge in [0.05, 0.1) is 0 Å². The average Bonchev–Trinajstić information content (AvgIpc) is 2.34. The maximum absolute atomic E-state index is 11.6. The van der Waals surface area contributed by atoms with Crippen LogP contribution in [0.25, 0.3) is 0 Å². The van der Waals surface area contributed by atoms with Crippen LogP contribution in [-0.2, 0) is 13.1 Å². The smallest absolute Gasteiger partial charge is 0.326 e. The van der Waals surface area contributed by atoms with Gasteiger partial charge >= 0.3 is 5.69 Å². The van der Waals surface area contributed by atoms with Crippen molar-refractivity contribution < 1.29 is 0 Å². The predicted octanol–water partition coefficient (Wildman–Crippen LogP) is -1.01. The molecule has 0 bridgehead atoms. The molecule has 0 aromatic carbocycles. The van der Waals surface area contributed by atoms with Gasteiger partial charge in [-0.25, -0.2) is 4.79 Å². The number of piperidine rings is 1. The molecule has 6 heteroatoms. The Bertz CT molecular complexity index is 485. The van der Waals surface area contributed by atoms with E-state index in [1.807, 2.05) is 0 Å². The van der Waals surface area contributed by atoms with Crippen molar-refractivity contribution in [2.45, 2.75) is 25.9 Å². The molecular formula is C11H18N4O2. The number of aromatic nitrogens is 2. The summed E-state index contributed by atoms with van der Waals surface area (Å²) in [5, 5.41) is 3.28. The summed E-state index contributed by atoms with van der Waals surface area (Å²) in [5.41, 5.74) is 5.20. The number of aromatic amines is 1. The normalized spacial score (nSPS) is 17.2. The molecule has 17 heavy (non-hydrogen) atoms. The number of H-pyrrole nitrogens is 1. The van der Waals surface area contributed by atoms with Crippen molar-refractivity contribution in [1.29, 1.82) is 0 Å². The first-order valence-corrected chi connectivity index (χ1v) is 5.94. The number of nitrogens with one attached hydrogen (secondary N) is 2. The Labute approximate surface area is 98.8 Å². The first-order valence-electron chi connectivity index (χ1n) is 5.94. The van der Waals surface area contributed by atoms with E-state index in [-0.39, 0.29) is 17.8 Å². The zero-order valence-electron chi connectivity index (χ0n) is 9.74. The Balaban J connectivity index is 2.19. The van der Waals surface area contributed by atoms with Gasteiger partial charge in [0, 0.05) is 24.8 Å². The molecule has 1 saturated heterocycles. The molecule has 0 amide bonds. The highest BCUT2D eigenvalue weighted by Crippen LogP contribution is 2.12. The van der Waals surface area contributed by atoms with Crippen LogP contribution in [0, 0.1) is 5.92 Å². The minimum Gasteiger partial charge on any atom is -0.326 e. The molecule has 1 aliphatic heterocycles. The minimum atomic E-state index is -0.376. The Morgan fingerprint density at radius 3 is 2.71 bits per heavy atom. The number of hydrogen-bond donors (Lipinski definition) is 3. The fourth-order valence-electron chi connectivity index (χ4n) is 2.18. The topological polar surface area (TPSA) is 92.9 Å². The van der Waals surface area contributed by atoms with Crippen LogP contribution >= 0.6 is 0 Å². The highest BCUT2D eigenvalue weighted by Gasteiger charge is 2.14. The minimum absolute atomic E-state index is 0.155. The lowest BCUT2D eigenvalue weighted by Gasteiger charge is -2.23. The molecule has 6 nitrogen and oxygen atoms in total. The number of nitrogens with zero attached hydrogens (tertiary/aromatic N) is 1. The van der Waals surface area contributed by atoms with Crippen LogP contribution in [0.2, 0.25) is 0 Å². The molecule has 0 spiro atoms. The molecule has 0 unspecified atom stereocenters. The van der Waals surface area contributed by atoms with Gasteiger partial charge in [-0.05, 0) is 31.8 Å². The third-order valence-electron chi connectivity index (χ3n) is 3.22. The van der Waals surface area contributed by atoms with E-state index >= 15 is 0 Å². The van der Waals surface area contributed by atoms with Gasteiger partial charge in [0.25, 0.3) is 5.56 Å². The van der Waals surface area contributed by atoms with E-state index in [0.29, 0.717) is 18.0 Å². The van der Waals surface area contributed by atoms with E-state index in [0.717, 1.165) is 25.9 Å². The van der Waals surface area contributed by atoms with Gasteiger partial charge in [-0.15, -0.1) is 0 Å². The first kappa shape index (κ1) is 12.1. The maximum atomic E-state index is 11.6. The number of nitrogens with two attached hydrogens (primary N) is 1. The van der Waals surface area contributed by atoms with Crippen molar-refractivity contribution in [3.8, 4) is 0 Å². The molecule has 2 heterocycles. The molecule has 94 valence electrons. The van der Waals surface area contributed by atoms with Crippen LogP contribution < -0.4 is 22.3 Å². The second-order valence-electron chi connectivity index (χ2n) is 4.46. The van der Waals surface area contributed by atoms with E-state index in [9.17, 15) is 9.59 Å². The summed E-state index contributed by atoms with van der Waals surface area (Å²) in [6.45, 7) is 2.80. The van der Waals surface area contributed by atoms with Crippen molar-refractivity contribution in [3.05, 3.63) is 32.6 Å². The van der Waals surface area contributed by atoms with Crippen LogP contribution in [-0.4, -0.2) is 22.6 Å². The Morgan fingerprint density at radius 2 is 2.06 bits per heavy atom. The third kappa shape index (κ3) is 2.83. The summed E-state index contributed by atoms with van der Waals surface area (Å²) in [7, 11) is 0. The van der Waals surface area contributed by atoms with Gasteiger partial charge in [0.2, 0.25) is 0 Å². The van der Waals surface area contributed by atoms with Crippen LogP contribution in [0.4, 0.5) is 0 Å². The second-order valence-corrected chi connectivity index (χ2v) is 4.46. The highest BCUT2D eigenvalue weighted by atomic mass is 16.2. The highest BCUT2D eigenvalue weighted by molar-refractivity contribution is 5.03. The van der Waals surface area contributed by atoms with Gasteiger partial charge in [-0.1, -0.05) is 0 Å². The third-order valence-corrected chi connectivity index (χ3v) is 3.22. The van der Waals surface area contributed by atoms with E-state index < -0.39 is 0 Å². The summed E-state index contributed by atoms with van der Waals surface area (Å²) >= 11 is 0. The molecule has 4 N–H and O–H groups in total. The molecular weight excluding hydrogens is 220 g/mol. The van der Waals surface area contributed by atoms with Crippen molar-refractivity contribution in [3.63, 3.8) is 0 Å². The van der Waals surface area contributed by atoms with Crippen molar-refractivity contribution in [2.24, 2.45) is 11.7 Å². The molecule has 0 aliphatic carbocycles. The molecule has 0 saturated carbocycles. The van der Waals surface area contributed by atoms with Gasteiger partial charge < -0.3 is 11.1 Å². The fraction of sp³-hybridized carbons (Fsp3) is 0.636. The lowest BCUT2D eigenvalue weighted by Crippen LogP contribution is -2.36. The predicted molar refractivity (Wildman–Crippen MR) is 64.8 cm³/mol. The van der Waals surface area contributed by atoms with E-state index in [2.05, 4.69) is 10.3 Å². The van der Waals surface area contributed by atoms with Crippen molar-refractivity contribution in [2.75, 3.05) is 13.1 Å². The van der Waals surface area contributed by atoms with Crippen LogP contribution in [0.15, 0.2) is 15.8 Å². The lowest BCUT2D eigenvalue weighted by atomic mass is 9.98. The molecule has 1 fully saturated rings. The monoisotopic (exact) mass is 238 g/mol. The van der Waals surface area contributed by atoms with Gasteiger partial charge in [0.15, 0.2) is 0 Å². The van der Waals surface area contributed by atoms with E-state index in [4.69, 9.17) is 5.73 Å². The van der Waals surface area contributed by atoms with Crippen molar-refractivity contribution in [1.82, 2.24) is 14.9 Å². The molecule has 0 atom stereocenters. The van der Waals surface area contributed by atoms with Gasteiger partial charge in [-0.2, -0.15) is 0 Å². The summed E-state index contributed by atoms with van der Waals surface area (Å²) in [6, 6.07) is 0. The van der Waals surface area contributed by atoms with Crippen LogP contribution in [0.5, 0.6) is 0 Å². The Kier molecular flexibility index (Phi) is 3.75. The van der Waals surface area contributed by atoms with Crippen molar-refractivity contribution >= 4 is 0 Å². The fourth-order valence-corrected chi connectivity index (χ4v) is 2.18. The maximum Gasteiger partial charge on any atom is 0.328 e. The lowest BCUT2D eigenvalue weighted by molar-refractivity contribution is 0.327. The average molecular weight is 238 g/mol. The first-order chi connectivity index (χ1) is 8.20. The Hall–Kier alpha value is -1.40. The van der Waals surface area contributed by atoms with Crippen LogP contribution in [0.1, 0.15) is 18.4 Å². The zero-order valence-corrected chi connectivity index (χ0v) is 9.74. The summed E-state index contributed by atoms with van der Waals surface area (Å²) in [5.74, 6) is 0.491. The van der Waals surface area contributed by atoms with E-state index in [1.54, 1.807) is 10.8 Å². The van der Waals surface area contributed by atoms with Gasteiger partial charge in [0.1, 0.15) is 0 Å². The molecule has 0 radical (unpaired) electrons. The van der Waals surface area contributed by atoms with E-state index in [1.165, 1.54) is 0 Å². The quantitative estimate of drug-likeness (QED) is 0.629. The largest absolute Gasteiger partial charge is 0.328 e. The molecule has 1 aromatic heterocycles. The summed E-state index contributed by atoms with van der Waals surface area (Å²) in [6.07, 6.45) is 3.70. The standard InChI is InChI=1S/C11H18N4O2/c12-5-9-7-15(11(17)14-10(9)16)6-8-1-3-13-4-2-8/h7-8,13H,1-6,12H2,(H,14,16,17). The number of rotatable bonds is 3. The molecule has 2 rings (SSSR count). The number of hydrogen-bond acceptors (Lipinski definition) is 4. The van der Waals surface area contributed by atoms with Crippen LogP contribution in [0.3, 0.4) is 0 Å². The molecule has 1 aromatic rings. The zero-order chi connectivity index (χ0) is 12.3. The SMILES string of the molecule is NCc1cn(CC2CCNCC2)c(=O)[nH]c1=O.